The van der Waals surface area contributed by atoms with Crippen LogP contribution in [0.15, 0.2) is 79.4 Å². The van der Waals surface area contributed by atoms with E-state index in [0.29, 0.717) is 0 Å². The van der Waals surface area contributed by atoms with Crippen LogP contribution < -0.4 is 4.90 Å². The number of rotatable bonds is 12. The molecule has 3 aromatic carbocycles. The average molecular weight is 412 g/mol. The number of hydrogen-bond donors (Lipinski definition) is 0. The molecular weight excluding hydrogens is 374 g/mol. The van der Waals surface area contributed by atoms with Gasteiger partial charge in [0.2, 0.25) is 0 Å². The van der Waals surface area contributed by atoms with Crippen LogP contribution in [0.5, 0.6) is 0 Å². The minimum atomic E-state index is 1.15. The first-order chi connectivity index (χ1) is 15.3. The van der Waals surface area contributed by atoms with E-state index in [2.05, 4.69) is 98.1 Å². The monoisotopic (exact) mass is 411 g/mol. The zero-order valence-electron chi connectivity index (χ0n) is 19.3. The van der Waals surface area contributed by atoms with Crippen LogP contribution in [0.1, 0.15) is 57.9 Å². The van der Waals surface area contributed by atoms with Crippen LogP contribution in [0.4, 0.5) is 5.69 Å². The van der Waals surface area contributed by atoms with Crippen molar-refractivity contribution in [2.45, 2.75) is 52.4 Å². The van der Waals surface area contributed by atoms with Gasteiger partial charge in [-0.1, -0.05) is 113 Å². The molecule has 0 saturated carbocycles. The van der Waals surface area contributed by atoms with Crippen LogP contribution in [-0.4, -0.2) is 13.1 Å². The highest BCUT2D eigenvalue weighted by molar-refractivity contribution is 5.89. The third-order valence-electron chi connectivity index (χ3n) is 5.99. The molecule has 3 rings (SSSR count). The molecule has 0 aromatic heterocycles. The topological polar surface area (TPSA) is 3.24 Å². The fourth-order valence-corrected chi connectivity index (χ4v) is 4.23. The first-order valence-corrected chi connectivity index (χ1v) is 11.9. The van der Waals surface area contributed by atoms with E-state index in [4.69, 9.17) is 0 Å². The third-order valence-corrected chi connectivity index (χ3v) is 5.99. The van der Waals surface area contributed by atoms with Gasteiger partial charge in [0.25, 0.3) is 0 Å². The molecule has 0 radical (unpaired) electrons. The average Bonchev–Trinajstić information content (AvgIpc) is 2.83. The lowest BCUT2D eigenvalue weighted by Gasteiger charge is -2.25. The third kappa shape index (κ3) is 6.10. The maximum Gasteiger partial charge on any atom is 0.0366 e. The molecule has 31 heavy (non-hydrogen) atoms. The van der Waals surface area contributed by atoms with Crippen LogP contribution in [0, 0.1) is 0 Å². The van der Waals surface area contributed by atoms with Gasteiger partial charge >= 0.3 is 0 Å². The van der Waals surface area contributed by atoms with Gasteiger partial charge in [-0.25, -0.2) is 0 Å². The lowest BCUT2D eigenvalue weighted by Crippen LogP contribution is -2.25. The number of benzene rings is 3. The second kappa shape index (κ2) is 12.2. The number of unbranched alkanes of at least 4 members (excludes halogenated alkanes) is 4. The molecule has 162 valence electrons. The molecule has 0 aliphatic heterocycles. The molecule has 0 fully saturated rings. The SMILES string of the molecule is C=Cc1cccc(-c2ccccc2)c1-c1ccc(N(CCCCC)CCCCC)cc1. The molecule has 0 aliphatic rings. The second-order valence-corrected chi connectivity index (χ2v) is 8.29. The van der Waals surface area contributed by atoms with Gasteiger partial charge < -0.3 is 4.90 Å². The standard InChI is InChI=1S/C30H37N/c1-4-7-12-23-31(24-13-8-5-2)28-21-19-27(20-22-28)30-25(6-3)17-14-18-29(30)26-15-10-9-11-16-26/h6,9-11,14-22H,3-5,7-8,12-13,23-24H2,1-2H3. The van der Waals surface area contributed by atoms with Crippen molar-refractivity contribution >= 4 is 11.8 Å². The van der Waals surface area contributed by atoms with Gasteiger partial charge in [-0.3, -0.25) is 0 Å². The molecule has 0 unspecified atom stereocenters. The normalized spacial score (nSPS) is 10.8. The summed E-state index contributed by atoms with van der Waals surface area (Å²) in [6.07, 6.45) is 9.64. The summed E-state index contributed by atoms with van der Waals surface area (Å²) in [5.41, 5.74) is 7.53. The van der Waals surface area contributed by atoms with Gasteiger partial charge in [0, 0.05) is 18.8 Å². The van der Waals surface area contributed by atoms with Gasteiger partial charge in [-0.05, 0) is 52.8 Å². The Morgan fingerprint density at radius 3 is 1.90 bits per heavy atom. The summed E-state index contributed by atoms with van der Waals surface area (Å²) in [6, 6.07) is 26.3. The van der Waals surface area contributed by atoms with E-state index in [1.807, 2.05) is 6.08 Å². The molecule has 0 spiro atoms. The van der Waals surface area contributed by atoms with Crippen molar-refractivity contribution in [3.63, 3.8) is 0 Å². The van der Waals surface area contributed by atoms with E-state index in [9.17, 15) is 0 Å². The molecule has 0 N–H and O–H groups in total. The van der Waals surface area contributed by atoms with E-state index in [1.165, 1.54) is 72.0 Å². The molecule has 0 heterocycles. The Labute approximate surface area is 189 Å². The van der Waals surface area contributed by atoms with Crippen LogP contribution in [0.2, 0.25) is 0 Å². The number of anilines is 1. The Kier molecular flexibility index (Phi) is 8.97. The Morgan fingerprint density at radius 1 is 0.677 bits per heavy atom. The van der Waals surface area contributed by atoms with Crippen LogP contribution in [0.3, 0.4) is 0 Å². The molecule has 0 bridgehead atoms. The molecule has 1 heteroatoms. The molecule has 0 atom stereocenters. The lowest BCUT2D eigenvalue weighted by atomic mass is 9.90. The Bertz CT molecular complexity index is 914. The van der Waals surface area contributed by atoms with Gasteiger partial charge in [0.1, 0.15) is 0 Å². The molecule has 0 aliphatic carbocycles. The van der Waals surface area contributed by atoms with E-state index < -0.39 is 0 Å². The fourth-order valence-electron chi connectivity index (χ4n) is 4.23. The highest BCUT2D eigenvalue weighted by Gasteiger charge is 2.12. The quantitative estimate of drug-likeness (QED) is 0.269. The first-order valence-electron chi connectivity index (χ1n) is 11.9. The smallest absolute Gasteiger partial charge is 0.0366 e. The van der Waals surface area contributed by atoms with Crippen LogP contribution in [-0.2, 0) is 0 Å². The molecular formula is C30H37N. The van der Waals surface area contributed by atoms with Crippen LogP contribution in [0.25, 0.3) is 28.3 Å². The summed E-state index contributed by atoms with van der Waals surface area (Å²) in [7, 11) is 0. The minimum Gasteiger partial charge on any atom is -0.372 e. The summed E-state index contributed by atoms with van der Waals surface area (Å²) in [5.74, 6) is 0. The maximum atomic E-state index is 4.07. The van der Waals surface area contributed by atoms with Crippen molar-refractivity contribution < 1.29 is 0 Å². The summed E-state index contributed by atoms with van der Waals surface area (Å²) in [4.78, 5) is 2.58. The molecule has 3 aromatic rings. The summed E-state index contributed by atoms with van der Waals surface area (Å²) in [6.45, 7) is 10.9. The largest absolute Gasteiger partial charge is 0.372 e. The predicted octanol–water partition coefficient (Wildman–Crippen LogP) is 8.85. The highest BCUT2D eigenvalue weighted by Crippen LogP contribution is 2.36. The van der Waals surface area contributed by atoms with Crippen molar-refractivity contribution in [3.8, 4) is 22.3 Å². The zero-order chi connectivity index (χ0) is 21.9. The predicted molar refractivity (Wildman–Crippen MR) is 139 cm³/mol. The maximum absolute atomic E-state index is 4.07. The Balaban J connectivity index is 1.92. The number of nitrogens with zero attached hydrogens (tertiary/aromatic N) is 1. The van der Waals surface area contributed by atoms with Crippen molar-refractivity contribution in [1.82, 2.24) is 0 Å². The van der Waals surface area contributed by atoms with E-state index in [1.54, 1.807) is 0 Å². The molecule has 1 nitrogen and oxygen atoms in total. The fraction of sp³-hybridized carbons (Fsp3) is 0.333. The summed E-state index contributed by atoms with van der Waals surface area (Å²) < 4.78 is 0. The van der Waals surface area contributed by atoms with Crippen LogP contribution >= 0.6 is 0 Å². The summed E-state index contributed by atoms with van der Waals surface area (Å²) in [5, 5.41) is 0. The van der Waals surface area contributed by atoms with Crippen molar-refractivity contribution in [1.29, 1.82) is 0 Å². The van der Waals surface area contributed by atoms with Gasteiger partial charge in [-0.2, -0.15) is 0 Å². The molecule has 0 amide bonds. The van der Waals surface area contributed by atoms with Gasteiger partial charge in [0.15, 0.2) is 0 Å². The Morgan fingerprint density at radius 2 is 1.32 bits per heavy atom. The first kappa shape index (κ1) is 22.9. The van der Waals surface area contributed by atoms with E-state index in [0.717, 1.165) is 13.1 Å². The summed E-state index contributed by atoms with van der Waals surface area (Å²) >= 11 is 0. The van der Waals surface area contributed by atoms with Gasteiger partial charge in [0.05, 0.1) is 0 Å². The van der Waals surface area contributed by atoms with Crippen molar-refractivity contribution in [2.24, 2.45) is 0 Å². The van der Waals surface area contributed by atoms with Gasteiger partial charge in [-0.15, -0.1) is 0 Å². The lowest BCUT2D eigenvalue weighted by molar-refractivity contribution is 0.636. The molecule has 0 saturated heterocycles. The van der Waals surface area contributed by atoms with E-state index in [-0.39, 0.29) is 0 Å². The minimum absolute atomic E-state index is 1.15. The van der Waals surface area contributed by atoms with Crippen molar-refractivity contribution in [3.05, 3.63) is 84.9 Å². The highest BCUT2D eigenvalue weighted by atomic mass is 15.1. The van der Waals surface area contributed by atoms with E-state index >= 15 is 0 Å². The Hall–Kier alpha value is -2.80. The number of hydrogen-bond acceptors (Lipinski definition) is 1. The van der Waals surface area contributed by atoms with Crippen molar-refractivity contribution in [2.75, 3.05) is 18.0 Å². The zero-order valence-corrected chi connectivity index (χ0v) is 19.3. The second-order valence-electron chi connectivity index (χ2n) is 8.29.